The molecule has 0 radical (unpaired) electrons. The first-order chi connectivity index (χ1) is 15.9. The summed E-state index contributed by atoms with van der Waals surface area (Å²) < 4.78 is 11.9. The van der Waals surface area contributed by atoms with Crippen molar-refractivity contribution >= 4 is 23.3 Å². The van der Waals surface area contributed by atoms with Crippen LogP contribution in [0.5, 0.6) is 11.5 Å². The standard InChI is InChI=1S/C26H25N3O4/c1-16-10-12-18(13-11-16)27-24(30)17-6-4-7-19(14-17)29-25(31)28-21-15-26(29,2)33-23-20(21)8-5-9-22(23)32-3/h4-14,21H,15H2,1-3H3,(H,27,30)(H,28,31). The number of nitrogens with one attached hydrogen (secondary N) is 2. The van der Waals surface area contributed by atoms with E-state index in [4.69, 9.17) is 9.47 Å². The van der Waals surface area contributed by atoms with Crippen LogP contribution in [0.25, 0.3) is 0 Å². The first-order valence-corrected chi connectivity index (χ1v) is 10.8. The number of hydrogen-bond donors (Lipinski definition) is 2. The van der Waals surface area contributed by atoms with Crippen molar-refractivity contribution in [2.24, 2.45) is 0 Å². The fourth-order valence-electron chi connectivity index (χ4n) is 4.54. The smallest absolute Gasteiger partial charge is 0.325 e. The maximum Gasteiger partial charge on any atom is 0.325 e. The van der Waals surface area contributed by atoms with E-state index < -0.39 is 5.72 Å². The molecule has 7 heteroatoms. The molecule has 1 saturated heterocycles. The Morgan fingerprint density at radius 3 is 2.67 bits per heavy atom. The summed E-state index contributed by atoms with van der Waals surface area (Å²) in [4.78, 5) is 27.6. The van der Waals surface area contributed by atoms with Crippen LogP contribution in [0.4, 0.5) is 16.2 Å². The predicted octanol–water partition coefficient (Wildman–Crippen LogP) is 5.03. The summed E-state index contributed by atoms with van der Waals surface area (Å²) in [6.45, 7) is 3.87. The normalized spacial score (nSPS) is 20.9. The van der Waals surface area contributed by atoms with Gasteiger partial charge >= 0.3 is 6.03 Å². The lowest BCUT2D eigenvalue weighted by Crippen LogP contribution is -2.65. The van der Waals surface area contributed by atoms with Gasteiger partial charge in [0.15, 0.2) is 17.2 Å². The molecule has 3 aromatic carbocycles. The number of fused-ring (bicyclic) bond motifs is 4. The Morgan fingerprint density at radius 2 is 1.91 bits per heavy atom. The van der Waals surface area contributed by atoms with Crippen molar-refractivity contribution in [2.75, 3.05) is 17.3 Å². The number of amides is 3. The van der Waals surface area contributed by atoms with Crippen LogP contribution < -0.4 is 25.0 Å². The molecule has 2 bridgehead atoms. The van der Waals surface area contributed by atoms with E-state index in [1.807, 2.05) is 56.3 Å². The van der Waals surface area contributed by atoms with Gasteiger partial charge in [-0.3, -0.25) is 9.69 Å². The van der Waals surface area contributed by atoms with Gasteiger partial charge in [0.25, 0.3) is 5.91 Å². The molecule has 7 nitrogen and oxygen atoms in total. The molecule has 0 saturated carbocycles. The van der Waals surface area contributed by atoms with Crippen LogP contribution in [0, 0.1) is 6.92 Å². The molecule has 2 N–H and O–H groups in total. The molecule has 0 aliphatic carbocycles. The van der Waals surface area contributed by atoms with E-state index in [1.165, 1.54) is 0 Å². The number of carbonyl (C=O) groups is 2. The van der Waals surface area contributed by atoms with Gasteiger partial charge in [0.2, 0.25) is 0 Å². The van der Waals surface area contributed by atoms with E-state index in [0.29, 0.717) is 34.9 Å². The fourth-order valence-corrected chi connectivity index (χ4v) is 4.54. The van der Waals surface area contributed by atoms with Crippen LogP contribution in [0.1, 0.15) is 40.9 Å². The lowest BCUT2D eigenvalue weighted by Gasteiger charge is -2.50. The van der Waals surface area contributed by atoms with E-state index in [1.54, 1.807) is 36.3 Å². The lowest BCUT2D eigenvalue weighted by molar-refractivity contribution is 0.0349. The summed E-state index contributed by atoms with van der Waals surface area (Å²) in [6, 6.07) is 19.8. The van der Waals surface area contributed by atoms with Crippen LogP contribution in [-0.4, -0.2) is 24.8 Å². The number of ether oxygens (including phenoxy) is 2. The summed E-state index contributed by atoms with van der Waals surface area (Å²) in [5.74, 6) is 0.987. The molecule has 0 spiro atoms. The van der Waals surface area contributed by atoms with Gasteiger partial charge in [-0.15, -0.1) is 0 Å². The van der Waals surface area contributed by atoms with Crippen LogP contribution in [0.2, 0.25) is 0 Å². The molecule has 2 aliphatic rings. The van der Waals surface area contributed by atoms with E-state index >= 15 is 0 Å². The number of nitrogens with zero attached hydrogens (tertiary/aromatic N) is 1. The van der Waals surface area contributed by atoms with Gasteiger partial charge in [-0.05, 0) is 50.2 Å². The monoisotopic (exact) mass is 443 g/mol. The number of methoxy groups -OCH3 is 1. The van der Waals surface area contributed by atoms with Crippen molar-refractivity contribution in [3.05, 3.63) is 83.4 Å². The van der Waals surface area contributed by atoms with Gasteiger partial charge in [0.1, 0.15) is 0 Å². The summed E-state index contributed by atoms with van der Waals surface area (Å²) >= 11 is 0. The van der Waals surface area contributed by atoms with Crippen molar-refractivity contribution in [1.82, 2.24) is 5.32 Å². The maximum atomic E-state index is 13.2. The molecule has 2 heterocycles. The van der Waals surface area contributed by atoms with Crippen molar-refractivity contribution < 1.29 is 19.1 Å². The molecule has 33 heavy (non-hydrogen) atoms. The number of rotatable bonds is 4. The highest BCUT2D eigenvalue weighted by Gasteiger charge is 2.50. The third-order valence-electron chi connectivity index (χ3n) is 6.16. The van der Waals surface area contributed by atoms with E-state index in [9.17, 15) is 9.59 Å². The van der Waals surface area contributed by atoms with Crippen LogP contribution in [0.3, 0.4) is 0 Å². The summed E-state index contributed by atoms with van der Waals surface area (Å²) in [5.41, 5.74) is 2.79. The van der Waals surface area contributed by atoms with Crippen molar-refractivity contribution in [2.45, 2.75) is 32.0 Å². The SMILES string of the molecule is COc1cccc2c1OC1(C)CC2NC(=O)N1c1cccc(C(=O)Nc2ccc(C)cc2)c1. The first kappa shape index (κ1) is 20.9. The first-order valence-electron chi connectivity index (χ1n) is 10.8. The molecule has 2 unspecified atom stereocenters. The van der Waals surface area contributed by atoms with Crippen molar-refractivity contribution in [1.29, 1.82) is 0 Å². The highest BCUT2D eigenvalue weighted by atomic mass is 16.5. The second kappa shape index (κ2) is 7.85. The Labute approximate surface area is 192 Å². The van der Waals surface area contributed by atoms with Gasteiger partial charge in [-0.25, -0.2) is 4.79 Å². The third-order valence-corrected chi connectivity index (χ3v) is 6.16. The number of hydrogen-bond acceptors (Lipinski definition) is 4. The molecule has 1 fully saturated rings. The Kier molecular flexibility index (Phi) is 4.96. The maximum absolute atomic E-state index is 13.2. The molecule has 3 aromatic rings. The number of anilines is 2. The molecule has 3 amide bonds. The zero-order chi connectivity index (χ0) is 23.2. The molecular weight excluding hydrogens is 418 g/mol. The Hall–Kier alpha value is -4.00. The van der Waals surface area contributed by atoms with Crippen molar-refractivity contribution in [3.8, 4) is 11.5 Å². The topological polar surface area (TPSA) is 79.9 Å². The zero-order valence-electron chi connectivity index (χ0n) is 18.7. The number of carbonyl (C=O) groups excluding carboxylic acids is 2. The summed E-state index contributed by atoms with van der Waals surface area (Å²) in [5, 5.41) is 5.98. The number of aryl methyl sites for hydroxylation is 1. The minimum atomic E-state index is -0.944. The van der Waals surface area contributed by atoms with Crippen LogP contribution in [-0.2, 0) is 0 Å². The lowest BCUT2D eigenvalue weighted by atomic mass is 9.89. The van der Waals surface area contributed by atoms with E-state index in [0.717, 1.165) is 11.1 Å². The van der Waals surface area contributed by atoms with Crippen molar-refractivity contribution in [3.63, 3.8) is 0 Å². The Morgan fingerprint density at radius 1 is 1.15 bits per heavy atom. The van der Waals surface area contributed by atoms with E-state index in [2.05, 4.69) is 10.6 Å². The number of para-hydroxylation sites is 1. The molecule has 0 aromatic heterocycles. The molecular formula is C26H25N3O4. The summed E-state index contributed by atoms with van der Waals surface area (Å²) in [7, 11) is 1.60. The van der Waals surface area contributed by atoms with Crippen LogP contribution >= 0.6 is 0 Å². The second-order valence-electron chi connectivity index (χ2n) is 8.57. The molecule has 2 atom stereocenters. The largest absolute Gasteiger partial charge is 0.493 e. The average Bonchev–Trinajstić information content (AvgIpc) is 2.80. The molecule has 168 valence electrons. The highest BCUT2D eigenvalue weighted by molar-refractivity contribution is 6.05. The minimum absolute atomic E-state index is 0.189. The van der Waals surface area contributed by atoms with Gasteiger partial charge < -0.3 is 20.1 Å². The van der Waals surface area contributed by atoms with E-state index in [-0.39, 0.29) is 18.0 Å². The molecule has 5 rings (SSSR count). The number of benzene rings is 3. The van der Waals surface area contributed by atoms with Gasteiger partial charge in [-0.2, -0.15) is 0 Å². The fraction of sp³-hybridized carbons (Fsp3) is 0.231. The summed E-state index contributed by atoms with van der Waals surface area (Å²) in [6.07, 6.45) is 0.554. The predicted molar refractivity (Wildman–Crippen MR) is 126 cm³/mol. The average molecular weight is 444 g/mol. The zero-order valence-corrected chi connectivity index (χ0v) is 18.7. The van der Waals surface area contributed by atoms with Gasteiger partial charge in [0.05, 0.1) is 18.8 Å². The Balaban J connectivity index is 1.46. The quantitative estimate of drug-likeness (QED) is 0.593. The van der Waals surface area contributed by atoms with Gasteiger partial charge in [0, 0.05) is 23.2 Å². The third kappa shape index (κ3) is 3.65. The number of urea groups is 1. The second-order valence-corrected chi connectivity index (χ2v) is 8.57. The molecule has 2 aliphatic heterocycles. The minimum Gasteiger partial charge on any atom is -0.493 e. The Bertz CT molecular complexity index is 1240. The van der Waals surface area contributed by atoms with Gasteiger partial charge in [-0.1, -0.05) is 35.9 Å². The highest BCUT2D eigenvalue weighted by Crippen LogP contribution is 2.49. The van der Waals surface area contributed by atoms with Crippen LogP contribution in [0.15, 0.2) is 66.7 Å².